The second-order valence-corrected chi connectivity index (χ2v) is 5.10. The number of nitrogens with one attached hydrogen (secondary N) is 3. The molecule has 0 radical (unpaired) electrons. The van der Waals surface area contributed by atoms with Gasteiger partial charge < -0.3 is 16.0 Å². The molecule has 1 aliphatic rings. The summed E-state index contributed by atoms with van der Waals surface area (Å²) in [6.45, 7) is 2.17. The fourth-order valence-corrected chi connectivity index (χ4v) is 1.67. The maximum absolute atomic E-state index is 11.4. The van der Waals surface area contributed by atoms with Crippen LogP contribution in [0.15, 0.2) is 0 Å². The minimum atomic E-state index is -3.50. The number of hydrogen-bond acceptors (Lipinski definition) is 5. The van der Waals surface area contributed by atoms with Gasteiger partial charge in [0.25, 0.3) is 0 Å². The van der Waals surface area contributed by atoms with Crippen molar-refractivity contribution < 1.29 is 13.2 Å². The molecule has 15 heavy (non-hydrogen) atoms. The number of nitrogens with two attached hydrogens (primary N) is 1. The molecule has 0 aliphatic carbocycles. The molecule has 1 aliphatic heterocycles. The van der Waals surface area contributed by atoms with Crippen molar-refractivity contribution in [2.75, 3.05) is 31.9 Å². The van der Waals surface area contributed by atoms with E-state index < -0.39 is 10.0 Å². The lowest BCUT2D eigenvalue weighted by Gasteiger charge is -2.23. The number of carbonyl (C=O) groups excluding carboxylic acids is 1. The highest BCUT2D eigenvalue weighted by molar-refractivity contribution is 7.89. The van der Waals surface area contributed by atoms with Gasteiger partial charge in [-0.2, -0.15) is 0 Å². The van der Waals surface area contributed by atoms with Gasteiger partial charge in [0.2, 0.25) is 15.9 Å². The van der Waals surface area contributed by atoms with Crippen molar-refractivity contribution in [3.63, 3.8) is 0 Å². The Morgan fingerprint density at radius 3 is 2.73 bits per heavy atom. The van der Waals surface area contributed by atoms with Crippen LogP contribution in [0.2, 0.25) is 0 Å². The monoisotopic (exact) mass is 236 g/mol. The molecule has 0 bridgehead atoms. The SMILES string of the molecule is NS(=O)(=O)CCNC(=O)C1CNCCN1. The number of piperazine rings is 1. The number of carbonyl (C=O) groups is 1. The van der Waals surface area contributed by atoms with Crippen LogP contribution in [0.3, 0.4) is 0 Å². The van der Waals surface area contributed by atoms with Crippen molar-refractivity contribution in [3.05, 3.63) is 0 Å². The Bertz CT molecular complexity index is 310. The zero-order chi connectivity index (χ0) is 11.3. The van der Waals surface area contributed by atoms with E-state index in [-0.39, 0.29) is 24.2 Å². The van der Waals surface area contributed by atoms with Gasteiger partial charge in [0.05, 0.1) is 11.8 Å². The summed E-state index contributed by atoms with van der Waals surface area (Å²) in [7, 11) is -3.50. The summed E-state index contributed by atoms with van der Waals surface area (Å²) in [6.07, 6.45) is 0. The summed E-state index contributed by atoms with van der Waals surface area (Å²) in [5, 5.41) is 13.4. The Balaban J connectivity index is 2.23. The van der Waals surface area contributed by atoms with E-state index in [1.54, 1.807) is 0 Å². The molecular weight excluding hydrogens is 220 g/mol. The first kappa shape index (κ1) is 12.4. The molecule has 0 aromatic rings. The average Bonchev–Trinajstić information content (AvgIpc) is 2.17. The van der Waals surface area contributed by atoms with Crippen molar-refractivity contribution in [3.8, 4) is 0 Å². The van der Waals surface area contributed by atoms with E-state index in [0.717, 1.165) is 13.1 Å². The number of rotatable bonds is 4. The van der Waals surface area contributed by atoms with Crippen LogP contribution in [0, 0.1) is 0 Å². The molecule has 88 valence electrons. The quantitative estimate of drug-likeness (QED) is 0.414. The highest BCUT2D eigenvalue weighted by Gasteiger charge is 2.19. The van der Waals surface area contributed by atoms with Crippen LogP contribution in [0.25, 0.3) is 0 Å². The Morgan fingerprint density at radius 2 is 2.20 bits per heavy atom. The number of amides is 1. The highest BCUT2D eigenvalue weighted by Crippen LogP contribution is 1.87. The van der Waals surface area contributed by atoms with Gasteiger partial charge in [0, 0.05) is 26.2 Å². The Labute approximate surface area is 88.8 Å². The van der Waals surface area contributed by atoms with Gasteiger partial charge in [0.15, 0.2) is 0 Å². The van der Waals surface area contributed by atoms with Crippen molar-refractivity contribution >= 4 is 15.9 Å². The maximum atomic E-state index is 11.4. The van der Waals surface area contributed by atoms with Crippen LogP contribution in [0.4, 0.5) is 0 Å². The maximum Gasteiger partial charge on any atom is 0.238 e. The summed E-state index contributed by atoms with van der Waals surface area (Å²) in [5.41, 5.74) is 0. The summed E-state index contributed by atoms with van der Waals surface area (Å²) in [5.74, 6) is -0.440. The van der Waals surface area contributed by atoms with E-state index in [1.807, 2.05) is 0 Å². The lowest BCUT2D eigenvalue weighted by Crippen LogP contribution is -2.56. The first-order chi connectivity index (χ1) is 6.99. The third-order valence-electron chi connectivity index (χ3n) is 2.04. The smallest absolute Gasteiger partial charge is 0.238 e. The van der Waals surface area contributed by atoms with Crippen molar-refractivity contribution in [2.24, 2.45) is 5.14 Å². The summed E-state index contributed by atoms with van der Waals surface area (Å²) in [6, 6.07) is -0.292. The molecule has 5 N–H and O–H groups in total. The molecule has 1 heterocycles. The predicted octanol–water partition coefficient (Wildman–Crippen LogP) is -3.05. The molecular formula is C7H16N4O3S. The largest absolute Gasteiger partial charge is 0.354 e. The van der Waals surface area contributed by atoms with Gasteiger partial charge in [0.1, 0.15) is 0 Å². The van der Waals surface area contributed by atoms with Gasteiger partial charge in [-0.15, -0.1) is 0 Å². The lowest BCUT2D eigenvalue weighted by molar-refractivity contribution is -0.123. The topological polar surface area (TPSA) is 113 Å². The van der Waals surface area contributed by atoms with E-state index in [9.17, 15) is 13.2 Å². The molecule has 1 atom stereocenters. The summed E-state index contributed by atoms with van der Waals surface area (Å²) >= 11 is 0. The minimum absolute atomic E-state index is 0.0514. The minimum Gasteiger partial charge on any atom is -0.354 e. The van der Waals surface area contributed by atoms with Crippen molar-refractivity contribution in [1.29, 1.82) is 0 Å². The van der Waals surface area contributed by atoms with Crippen molar-refractivity contribution in [1.82, 2.24) is 16.0 Å². The van der Waals surface area contributed by atoms with Crippen LogP contribution in [0.5, 0.6) is 0 Å². The fraction of sp³-hybridized carbons (Fsp3) is 0.857. The van der Waals surface area contributed by atoms with E-state index in [2.05, 4.69) is 16.0 Å². The molecule has 7 nitrogen and oxygen atoms in total. The van der Waals surface area contributed by atoms with Crippen LogP contribution < -0.4 is 21.1 Å². The molecule has 1 saturated heterocycles. The number of hydrogen-bond donors (Lipinski definition) is 4. The summed E-state index contributed by atoms with van der Waals surface area (Å²) < 4.78 is 21.2. The third kappa shape index (κ3) is 5.07. The normalized spacial score (nSPS) is 22.3. The molecule has 0 saturated carbocycles. The Hall–Kier alpha value is -0.700. The van der Waals surface area contributed by atoms with Gasteiger partial charge >= 0.3 is 0 Å². The molecule has 1 amide bonds. The van der Waals surface area contributed by atoms with Crippen LogP contribution in [-0.2, 0) is 14.8 Å². The van der Waals surface area contributed by atoms with Gasteiger partial charge in [-0.1, -0.05) is 0 Å². The van der Waals surface area contributed by atoms with Gasteiger partial charge in [-0.25, -0.2) is 13.6 Å². The molecule has 1 rings (SSSR count). The lowest BCUT2D eigenvalue weighted by atomic mass is 10.2. The zero-order valence-corrected chi connectivity index (χ0v) is 9.14. The standard InChI is InChI=1S/C7H16N4O3S/c8-15(13,14)4-3-11-7(12)6-5-9-1-2-10-6/h6,9-10H,1-5H2,(H,11,12)(H2,8,13,14). The predicted molar refractivity (Wildman–Crippen MR) is 55.6 cm³/mol. The van der Waals surface area contributed by atoms with E-state index in [0.29, 0.717) is 6.54 Å². The molecule has 1 unspecified atom stereocenters. The van der Waals surface area contributed by atoms with Crippen LogP contribution >= 0.6 is 0 Å². The molecule has 8 heteroatoms. The second-order valence-electron chi connectivity index (χ2n) is 3.37. The van der Waals surface area contributed by atoms with Crippen LogP contribution in [0.1, 0.15) is 0 Å². The molecule has 1 fully saturated rings. The van der Waals surface area contributed by atoms with E-state index in [1.165, 1.54) is 0 Å². The Kier molecular flexibility index (Phi) is 4.45. The summed E-state index contributed by atoms with van der Waals surface area (Å²) in [4.78, 5) is 11.4. The van der Waals surface area contributed by atoms with E-state index in [4.69, 9.17) is 5.14 Å². The number of primary sulfonamides is 1. The first-order valence-electron chi connectivity index (χ1n) is 4.71. The first-order valence-corrected chi connectivity index (χ1v) is 6.43. The molecule has 0 spiro atoms. The Morgan fingerprint density at radius 1 is 1.47 bits per heavy atom. The zero-order valence-electron chi connectivity index (χ0n) is 8.32. The van der Waals surface area contributed by atoms with Gasteiger partial charge in [-0.3, -0.25) is 4.79 Å². The average molecular weight is 236 g/mol. The number of sulfonamides is 1. The highest BCUT2D eigenvalue weighted by atomic mass is 32.2. The van der Waals surface area contributed by atoms with Crippen LogP contribution in [-0.4, -0.2) is 52.3 Å². The van der Waals surface area contributed by atoms with E-state index >= 15 is 0 Å². The van der Waals surface area contributed by atoms with Gasteiger partial charge in [-0.05, 0) is 0 Å². The third-order valence-corrected chi connectivity index (χ3v) is 2.82. The molecule has 0 aromatic heterocycles. The van der Waals surface area contributed by atoms with Crippen molar-refractivity contribution in [2.45, 2.75) is 6.04 Å². The molecule has 0 aromatic carbocycles. The fourth-order valence-electron chi connectivity index (χ4n) is 1.28. The second kappa shape index (κ2) is 5.40.